The molecule has 0 radical (unpaired) electrons. The fraction of sp³-hybridized carbons (Fsp3) is 0.636. The number of methoxy groups -OCH3 is 1. The first kappa shape index (κ1) is 24.8. The van der Waals surface area contributed by atoms with Crippen LogP contribution >= 0.6 is 11.6 Å². The quantitative estimate of drug-likeness (QED) is 0.691. The van der Waals surface area contributed by atoms with Gasteiger partial charge in [-0.1, -0.05) is 43.7 Å². The highest BCUT2D eigenvalue weighted by Crippen LogP contribution is 2.38. The smallest absolute Gasteiger partial charge is 0.247 e. The number of hydrogen-bond donors (Lipinski definition) is 1. The van der Waals surface area contributed by atoms with Crippen molar-refractivity contribution in [1.82, 2.24) is 9.62 Å². The zero-order chi connectivity index (χ0) is 23.5. The van der Waals surface area contributed by atoms with Crippen molar-refractivity contribution in [3.8, 4) is 5.75 Å². The van der Waals surface area contributed by atoms with Gasteiger partial charge in [-0.15, -0.1) is 0 Å². The molecular weight excluding hydrogens is 454 g/mol. The van der Waals surface area contributed by atoms with Gasteiger partial charge >= 0.3 is 0 Å². The van der Waals surface area contributed by atoms with Gasteiger partial charge in [-0.25, -0.2) is 8.42 Å². The van der Waals surface area contributed by atoms with Crippen molar-refractivity contribution in [3.05, 3.63) is 23.2 Å². The Morgan fingerprint density at radius 1 is 1.19 bits per heavy atom. The monoisotopic (exact) mass is 485 g/mol. The fourth-order valence-corrected chi connectivity index (χ4v) is 5.55. The van der Waals surface area contributed by atoms with Crippen molar-refractivity contribution in [3.63, 3.8) is 0 Å². The number of rotatable bonds is 5. The topological polar surface area (TPSA) is 96.0 Å². The summed E-state index contributed by atoms with van der Waals surface area (Å²) in [6, 6.07) is 4.82. The molecule has 1 N–H and O–H groups in total. The van der Waals surface area contributed by atoms with Crippen molar-refractivity contribution >= 4 is 39.1 Å². The lowest BCUT2D eigenvalue weighted by Gasteiger charge is -2.47. The average molecular weight is 486 g/mol. The molecule has 1 saturated carbocycles. The van der Waals surface area contributed by atoms with Gasteiger partial charge in [0.25, 0.3) is 0 Å². The molecule has 1 atom stereocenters. The molecule has 10 heteroatoms. The van der Waals surface area contributed by atoms with E-state index in [1.165, 1.54) is 18.4 Å². The summed E-state index contributed by atoms with van der Waals surface area (Å²) in [5.74, 6) is -0.523. The normalized spacial score (nSPS) is 24.0. The third kappa shape index (κ3) is 5.38. The maximum atomic E-state index is 13.7. The molecule has 3 rings (SSSR count). The zero-order valence-corrected chi connectivity index (χ0v) is 20.5. The lowest BCUT2D eigenvalue weighted by molar-refractivity contribution is -0.133. The first-order valence-electron chi connectivity index (χ1n) is 11.0. The van der Waals surface area contributed by atoms with Crippen LogP contribution in [-0.4, -0.2) is 62.6 Å². The minimum Gasteiger partial charge on any atom is -0.495 e. The summed E-state index contributed by atoms with van der Waals surface area (Å²) < 4.78 is 31.1. The molecule has 1 saturated heterocycles. The van der Waals surface area contributed by atoms with Gasteiger partial charge in [0.2, 0.25) is 21.8 Å². The van der Waals surface area contributed by atoms with Crippen LogP contribution in [0.2, 0.25) is 5.02 Å². The summed E-state index contributed by atoms with van der Waals surface area (Å²) in [5.41, 5.74) is -1.13. The molecule has 8 nitrogen and oxygen atoms in total. The van der Waals surface area contributed by atoms with Gasteiger partial charge in [0.1, 0.15) is 11.3 Å². The molecule has 0 aromatic heterocycles. The molecule has 0 bridgehead atoms. The molecule has 2 fully saturated rings. The maximum Gasteiger partial charge on any atom is 0.247 e. The molecule has 1 aliphatic heterocycles. The number of carbonyl (C=O) groups is 2. The largest absolute Gasteiger partial charge is 0.495 e. The van der Waals surface area contributed by atoms with Crippen LogP contribution < -0.4 is 15.0 Å². The molecule has 32 heavy (non-hydrogen) atoms. The summed E-state index contributed by atoms with van der Waals surface area (Å²) in [5, 5.41) is 3.49. The van der Waals surface area contributed by atoms with Crippen LogP contribution in [0.3, 0.4) is 0 Å². The lowest BCUT2D eigenvalue weighted by Crippen LogP contribution is -2.70. The van der Waals surface area contributed by atoms with Crippen molar-refractivity contribution < 1.29 is 22.7 Å². The Balaban J connectivity index is 2.01. The van der Waals surface area contributed by atoms with E-state index in [1.54, 1.807) is 25.1 Å². The van der Waals surface area contributed by atoms with Crippen LogP contribution in [-0.2, 0) is 19.6 Å². The number of benzene rings is 1. The minimum atomic E-state index is -3.69. The number of nitrogens with one attached hydrogen (secondary N) is 1. The van der Waals surface area contributed by atoms with E-state index in [0.717, 1.165) is 49.1 Å². The van der Waals surface area contributed by atoms with E-state index in [4.69, 9.17) is 16.3 Å². The SMILES string of the molecule is COc1ccc(Cl)cc1N1C(=O)CN(S(C)(=O)=O)C[C@@]1(C)C(=O)NC1CCCCCCC1. The van der Waals surface area contributed by atoms with Crippen molar-refractivity contribution in [1.29, 1.82) is 0 Å². The number of anilines is 1. The van der Waals surface area contributed by atoms with E-state index >= 15 is 0 Å². The highest BCUT2D eigenvalue weighted by molar-refractivity contribution is 7.88. The van der Waals surface area contributed by atoms with E-state index in [2.05, 4.69) is 5.32 Å². The first-order chi connectivity index (χ1) is 15.1. The maximum absolute atomic E-state index is 13.7. The van der Waals surface area contributed by atoms with Gasteiger partial charge in [0.15, 0.2) is 0 Å². The fourth-order valence-electron chi connectivity index (χ4n) is 4.55. The third-order valence-electron chi connectivity index (χ3n) is 6.32. The Bertz CT molecular complexity index is 962. The van der Waals surface area contributed by atoms with Gasteiger partial charge in [-0.2, -0.15) is 4.31 Å². The number of halogens is 1. The minimum absolute atomic E-state index is 0.00792. The molecule has 1 aromatic rings. The van der Waals surface area contributed by atoms with E-state index in [0.29, 0.717) is 16.5 Å². The van der Waals surface area contributed by atoms with Crippen LogP contribution in [0.1, 0.15) is 51.9 Å². The Morgan fingerprint density at radius 3 is 2.41 bits per heavy atom. The van der Waals surface area contributed by atoms with Crippen LogP contribution in [0.15, 0.2) is 18.2 Å². The summed E-state index contributed by atoms with van der Waals surface area (Å²) in [6.45, 7) is 1.08. The number of carbonyl (C=O) groups excluding carboxylic acids is 2. The number of piperazine rings is 1. The van der Waals surface area contributed by atoms with Crippen molar-refractivity contribution in [2.45, 2.75) is 63.5 Å². The van der Waals surface area contributed by atoms with Crippen LogP contribution in [0, 0.1) is 0 Å². The highest BCUT2D eigenvalue weighted by atomic mass is 35.5. The Kier molecular flexibility index (Phi) is 7.73. The molecule has 2 aliphatic rings. The molecule has 1 heterocycles. The zero-order valence-electron chi connectivity index (χ0n) is 18.9. The molecule has 1 aliphatic carbocycles. The van der Waals surface area contributed by atoms with Crippen LogP contribution in [0.4, 0.5) is 5.69 Å². The van der Waals surface area contributed by atoms with Crippen molar-refractivity contribution in [2.24, 2.45) is 0 Å². The van der Waals surface area contributed by atoms with E-state index in [9.17, 15) is 18.0 Å². The first-order valence-corrected chi connectivity index (χ1v) is 13.2. The van der Waals surface area contributed by atoms with E-state index in [1.807, 2.05) is 0 Å². The van der Waals surface area contributed by atoms with Gasteiger partial charge in [0, 0.05) is 17.6 Å². The predicted octanol–water partition coefficient (Wildman–Crippen LogP) is 2.94. The van der Waals surface area contributed by atoms with Gasteiger partial charge in [0.05, 0.1) is 25.6 Å². The molecule has 1 aromatic carbocycles. The van der Waals surface area contributed by atoms with Gasteiger partial charge in [-0.05, 0) is 38.0 Å². The number of amides is 2. The second-order valence-electron chi connectivity index (χ2n) is 8.87. The molecule has 0 spiro atoms. The van der Waals surface area contributed by atoms with E-state index in [-0.39, 0.29) is 25.0 Å². The summed E-state index contributed by atoms with van der Waals surface area (Å²) >= 11 is 6.20. The summed E-state index contributed by atoms with van der Waals surface area (Å²) in [6.07, 6.45) is 8.31. The summed E-state index contributed by atoms with van der Waals surface area (Å²) in [7, 11) is -2.22. The Labute approximate surface area is 195 Å². The number of sulfonamides is 1. The second-order valence-corrected chi connectivity index (χ2v) is 11.3. The number of nitrogens with zero attached hydrogens (tertiary/aromatic N) is 2. The molecule has 0 unspecified atom stereocenters. The van der Waals surface area contributed by atoms with E-state index < -0.39 is 21.5 Å². The van der Waals surface area contributed by atoms with Crippen LogP contribution in [0.5, 0.6) is 5.75 Å². The molecule has 2 amide bonds. The summed E-state index contributed by atoms with van der Waals surface area (Å²) in [4.78, 5) is 28.3. The number of ether oxygens (including phenoxy) is 1. The average Bonchev–Trinajstić information content (AvgIpc) is 2.68. The van der Waals surface area contributed by atoms with Crippen LogP contribution in [0.25, 0.3) is 0 Å². The molecular formula is C22H32ClN3O5S. The highest BCUT2D eigenvalue weighted by Gasteiger charge is 2.51. The Morgan fingerprint density at radius 2 is 1.81 bits per heavy atom. The Hall–Kier alpha value is -1.84. The van der Waals surface area contributed by atoms with Crippen molar-refractivity contribution in [2.75, 3.05) is 31.4 Å². The second kappa shape index (κ2) is 9.97. The standard InChI is InChI=1S/C22H32ClN3O5S/c1-22(21(28)24-17-9-7-5-4-6-8-10-17)15-25(32(3,29)30)14-20(27)26(22)18-13-16(23)11-12-19(18)31-2/h11-13,17H,4-10,14-15H2,1-3H3,(H,24,28)/t22-/m0/s1. The predicted molar refractivity (Wildman–Crippen MR) is 125 cm³/mol. The van der Waals surface area contributed by atoms with Gasteiger partial charge < -0.3 is 10.1 Å². The van der Waals surface area contributed by atoms with Gasteiger partial charge in [-0.3, -0.25) is 14.5 Å². The lowest BCUT2D eigenvalue weighted by atomic mass is 9.92. The number of hydrogen-bond acceptors (Lipinski definition) is 5. The third-order valence-corrected chi connectivity index (χ3v) is 7.75. The molecule has 178 valence electrons.